The molecule has 1 unspecified atom stereocenters. The van der Waals surface area contributed by atoms with Gasteiger partial charge in [0.05, 0.1) is 0 Å². The zero-order valence-corrected chi connectivity index (χ0v) is 11.4. The Morgan fingerprint density at radius 3 is 2.39 bits per heavy atom. The van der Waals surface area contributed by atoms with Crippen LogP contribution >= 0.6 is 15.9 Å². The molecule has 0 aromatic heterocycles. The van der Waals surface area contributed by atoms with Crippen LogP contribution in [-0.4, -0.2) is 17.3 Å². The second-order valence-electron chi connectivity index (χ2n) is 3.95. The minimum atomic E-state index is -1.20. The van der Waals surface area contributed by atoms with Gasteiger partial charge in [0.25, 0.3) is 5.91 Å². The maximum Gasteiger partial charge on any atom is 0.257 e. The Balaban J connectivity index is 2.78. The first kappa shape index (κ1) is 15.0. The average Bonchev–Trinajstić information content (AvgIpc) is 2.24. The summed E-state index contributed by atoms with van der Waals surface area (Å²) >= 11 is 3.25. The van der Waals surface area contributed by atoms with Crippen LogP contribution in [0.5, 0.6) is 0 Å². The smallest absolute Gasteiger partial charge is 0.257 e. The molecular formula is C12H13BrF3NO. The molecule has 0 bridgehead atoms. The summed E-state index contributed by atoms with van der Waals surface area (Å²) in [6, 6.07) is 0.765. The maximum atomic E-state index is 13.3. The lowest BCUT2D eigenvalue weighted by Gasteiger charge is -2.13. The fourth-order valence-electron chi connectivity index (χ4n) is 1.51. The second-order valence-corrected chi connectivity index (χ2v) is 4.74. The molecule has 1 rings (SSSR count). The Hall–Kier alpha value is -1.04. The van der Waals surface area contributed by atoms with E-state index in [1.807, 2.05) is 0 Å². The van der Waals surface area contributed by atoms with E-state index in [-0.39, 0.29) is 6.04 Å². The van der Waals surface area contributed by atoms with E-state index < -0.39 is 28.9 Å². The van der Waals surface area contributed by atoms with E-state index >= 15 is 0 Å². The molecular weight excluding hydrogens is 311 g/mol. The highest BCUT2D eigenvalue weighted by Gasteiger charge is 2.20. The fourth-order valence-corrected chi connectivity index (χ4v) is 1.83. The predicted octanol–water partition coefficient (Wildman–Crippen LogP) is 3.40. The molecule has 1 aromatic rings. The standard InChI is InChI=1S/C12H13BrF3NO/c1-7(3-2-4-13)17-12(18)11-9(15)5-8(14)6-10(11)16/h5-7H,2-4H2,1H3,(H,17,18). The Morgan fingerprint density at radius 1 is 1.33 bits per heavy atom. The topological polar surface area (TPSA) is 29.1 Å². The van der Waals surface area contributed by atoms with Crippen molar-refractivity contribution in [3.05, 3.63) is 35.1 Å². The van der Waals surface area contributed by atoms with E-state index in [1.165, 1.54) is 0 Å². The summed E-state index contributed by atoms with van der Waals surface area (Å²) in [6.07, 6.45) is 1.51. The molecule has 1 N–H and O–H groups in total. The van der Waals surface area contributed by atoms with Crippen LogP contribution in [0.3, 0.4) is 0 Å². The highest BCUT2D eigenvalue weighted by atomic mass is 79.9. The molecule has 2 nitrogen and oxygen atoms in total. The number of amides is 1. The summed E-state index contributed by atoms with van der Waals surface area (Å²) in [5.41, 5.74) is -0.748. The van der Waals surface area contributed by atoms with Crippen molar-refractivity contribution in [2.45, 2.75) is 25.8 Å². The van der Waals surface area contributed by atoms with Crippen LogP contribution in [0.15, 0.2) is 12.1 Å². The van der Waals surface area contributed by atoms with Crippen molar-refractivity contribution < 1.29 is 18.0 Å². The molecule has 0 heterocycles. The van der Waals surface area contributed by atoms with Crippen LogP contribution in [-0.2, 0) is 0 Å². The minimum absolute atomic E-state index is 0.209. The number of benzene rings is 1. The lowest BCUT2D eigenvalue weighted by molar-refractivity contribution is 0.0929. The molecule has 18 heavy (non-hydrogen) atoms. The van der Waals surface area contributed by atoms with E-state index in [2.05, 4.69) is 21.2 Å². The normalized spacial score (nSPS) is 12.3. The minimum Gasteiger partial charge on any atom is -0.349 e. The summed E-state index contributed by atoms with van der Waals surface area (Å²) in [5.74, 6) is -4.31. The molecule has 0 fully saturated rings. The van der Waals surface area contributed by atoms with Gasteiger partial charge >= 0.3 is 0 Å². The van der Waals surface area contributed by atoms with Crippen molar-refractivity contribution in [1.82, 2.24) is 5.32 Å². The number of hydrogen-bond acceptors (Lipinski definition) is 1. The first-order chi connectivity index (χ1) is 8.45. The number of carbonyl (C=O) groups is 1. The molecule has 0 saturated heterocycles. The summed E-state index contributed by atoms with van der Waals surface area (Å²) in [4.78, 5) is 11.6. The molecule has 100 valence electrons. The van der Waals surface area contributed by atoms with Gasteiger partial charge < -0.3 is 5.32 Å². The third kappa shape index (κ3) is 4.01. The van der Waals surface area contributed by atoms with Crippen LogP contribution in [0.1, 0.15) is 30.1 Å². The summed E-state index contributed by atoms with van der Waals surface area (Å²) in [7, 11) is 0. The lowest BCUT2D eigenvalue weighted by Crippen LogP contribution is -2.33. The van der Waals surface area contributed by atoms with Gasteiger partial charge in [0.15, 0.2) is 0 Å². The van der Waals surface area contributed by atoms with Crippen LogP contribution < -0.4 is 5.32 Å². The zero-order chi connectivity index (χ0) is 13.7. The Kier molecular flexibility index (Phi) is 5.65. The molecule has 0 aliphatic carbocycles. The van der Waals surface area contributed by atoms with E-state index in [4.69, 9.17) is 0 Å². The van der Waals surface area contributed by atoms with Gasteiger partial charge in [0.1, 0.15) is 23.0 Å². The van der Waals surface area contributed by atoms with Gasteiger partial charge in [-0.2, -0.15) is 0 Å². The van der Waals surface area contributed by atoms with Gasteiger partial charge in [-0.25, -0.2) is 13.2 Å². The number of carbonyl (C=O) groups excluding carboxylic acids is 1. The summed E-state index contributed by atoms with van der Waals surface area (Å²) in [6.45, 7) is 1.74. The van der Waals surface area contributed by atoms with E-state index in [9.17, 15) is 18.0 Å². The van der Waals surface area contributed by atoms with Gasteiger partial charge in [-0.05, 0) is 19.8 Å². The molecule has 0 radical (unpaired) electrons. The fraction of sp³-hybridized carbons (Fsp3) is 0.417. The molecule has 0 spiro atoms. The molecule has 0 aliphatic rings. The number of nitrogens with one attached hydrogen (secondary N) is 1. The first-order valence-electron chi connectivity index (χ1n) is 5.47. The third-order valence-electron chi connectivity index (χ3n) is 2.38. The van der Waals surface area contributed by atoms with Crippen LogP contribution in [0.4, 0.5) is 13.2 Å². The van der Waals surface area contributed by atoms with Gasteiger partial charge in [-0.1, -0.05) is 15.9 Å². The Bertz CT molecular complexity index is 416. The van der Waals surface area contributed by atoms with Crippen molar-refractivity contribution in [2.24, 2.45) is 0 Å². The number of alkyl halides is 1. The monoisotopic (exact) mass is 323 g/mol. The summed E-state index contributed by atoms with van der Waals surface area (Å²) < 4.78 is 39.3. The van der Waals surface area contributed by atoms with Crippen molar-refractivity contribution >= 4 is 21.8 Å². The molecule has 6 heteroatoms. The number of hydrogen-bond donors (Lipinski definition) is 1. The van der Waals surface area contributed by atoms with Gasteiger partial charge in [-0.15, -0.1) is 0 Å². The Labute approximate surface area is 112 Å². The van der Waals surface area contributed by atoms with Crippen molar-refractivity contribution in [3.8, 4) is 0 Å². The SMILES string of the molecule is CC(CCCBr)NC(=O)c1c(F)cc(F)cc1F. The van der Waals surface area contributed by atoms with E-state index in [0.29, 0.717) is 18.6 Å². The first-order valence-corrected chi connectivity index (χ1v) is 6.59. The van der Waals surface area contributed by atoms with Crippen LogP contribution in [0.25, 0.3) is 0 Å². The predicted molar refractivity (Wildman–Crippen MR) is 66.3 cm³/mol. The highest BCUT2D eigenvalue weighted by Crippen LogP contribution is 2.15. The van der Waals surface area contributed by atoms with Crippen molar-refractivity contribution in [1.29, 1.82) is 0 Å². The van der Waals surface area contributed by atoms with Crippen molar-refractivity contribution in [2.75, 3.05) is 5.33 Å². The number of rotatable bonds is 5. The third-order valence-corrected chi connectivity index (χ3v) is 2.94. The summed E-state index contributed by atoms with van der Waals surface area (Å²) in [5, 5.41) is 3.25. The van der Waals surface area contributed by atoms with Crippen molar-refractivity contribution in [3.63, 3.8) is 0 Å². The van der Waals surface area contributed by atoms with Gasteiger partial charge in [-0.3, -0.25) is 4.79 Å². The van der Waals surface area contributed by atoms with E-state index in [0.717, 1.165) is 11.8 Å². The van der Waals surface area contributed by atoms with Crippen LogP contribution in [0.2, 0.25) is 0 Å². The molecule has 1 atom stereocenters. The van der Waals surface area contributed by atoms with Gasteiger partial charge in [0.2, 0.25) is 0 Å². The van der Waals surface area contributed by atoms with Gasteiger partial charge in [0, 0.05) is 23.5 Å². The molecule has 0 saturated carbocycles. The molecule has 1 aromatic carbocycles. The second kappa shape index (κ2) is 6.78. The quantitative estimate of drug-likeness (QED) is 0.827. The molecule has 0 aliphatic heterocycles. The van der Waals surface area contributed by atoms with E-state index in [1.54, 1.807) is 6.92 Å². The average molecular weight is 324 g/mol. The number of halogens is 4. The lowest BCUT2D eigenvalue weighted by atomic mass is 10.1. The Morgan fingerprint density at radius 2 is 1.89 bits per heavy atom. The zero-order valence-electron chi connectivity index (χ0n) is 9.77. The highest BCUT2D eigenvalue weighted by molar-refractivity contribution is 9.09. The largest absolute Gasteiger partial charge is 0.349 e. The molecule has 1 amide bonds. The van der Waals surface area contributed by atoms with Crippen LogP contribution in [0, 0.1) is 17.5 Å². The maximum absolute atomic E-state index is 13.3.